The van der Waals surface area contributed by atoms with Crippen molar-refractivity contribution >= 4 is 29.3 Å². The maximum Gasteiger partial charge on any atom is 0.345 e. The molecule has 8 heteroatoms. The number of ether oxygens (including phenoxy) is 1. The van der Waals surface area contributed by atoms with Gasteiger partial charge < -0.3 is 19.5 Å². The number of aliphatic hydroxyl groups is 2. The maximum atomic E-state index is 13.1. The second-order valence-electron chi connectivity index (χ2n) is 6.91. The topological polar surface area (TPSA) is 102 Å². The van der Waals surface area contributed by atoms with Gasteiger partial charge >= 0.3 is 5.97 Å². The monoisotopic (exact) mass is 400 g/mol. The summed E-state index contributed by atoms with van der Waals surface area (Å²) in [4.78, 5) is 29.9. The van der Waals surface area contributed by atoms with Crippen LogP contribution in [0.3, 0.4) is 0 Å². The highest BCUT2D eigenvalue weighted by Crippen LogP contribution is 2.41. The van der Waals surface area contributed by atoms with Crippen molar-refractivity contribution in [1.82, 2.24) is 9.55 Å². The van der Waals surface area contributed by atoms with E-state index in [4.69, 9.17) is 4.74 Å². The van der Waals surface area contributed by atoms with Crippen LogP contribution in [0.25, 0.3) is 22.3 Å². The van der Waals surface area contributed by atoms with E-state index >= 15 is 0 Å². The van der Waals surface area contributed by atoms with Crippen molar-refractivity contribution in [2.75, 3.05) is 0 Å². The van der Waals surface area contributed by atoms with Gasteiger partial charge in [0.05, 0.1) is 29.0 Å². The Bertz CT molecular complexity index is 1210. The number of rotatable bonds is 1. The zero-order valence-electron chi connectivity index (χ0n) is 14.9. The molecule has 2 aromatic heterocycles. The largest absolute Gasteiger partial charge is 0.429 e. The Morgan fingerprint density at radius 2 is 2.04 bits per heavy atom. The zero-order valence-corrected chi connectivity index (χ0v) is 15.7. The first kappa shape index (κ1) is 18.6. The van der Waals surface area contributed by atoms with E-state index in [2.05, 4.69) is 4.98 Å². The van der Waals surface area contributed by atoms with E-state index in [1.54, 1.807) is 13.0 Å². The van der Waals surface area contributed by atoms with Crippen molar-refractivity contribution in [3.8, 4) is 11.4 Å². The van der Waals surface area contributed by atoms with Crippen molar-refractivity contribution in [1.29, 1.82) is 0 Å². The van der Waals surface area contributed by atoms with Gasteiger partial charge in [-0.15, -0.1) is 12.4 Å². The molecule has 0 spiro atoms. The molecule has 7 nitrogen and oxygen atoms in total. The molecule has 0 fully saturated rings. The number of carbonyl (C=O) groups excluding carboxylic acids is 1. The number of benzene rings is 1. The fourth-order valence-corrected chi connectivity index (χ4v) is 3.97. The SMILES string of the molecule is CC[C@@]1(O)C(=O)OC(O)c2c1cc1n(c2=O)Cc2cc3ccccc3nc2-1.Cl. The average Bonchev–Trinajstić information content (AvgIpc) is 3.02. The summed E-state index contributed by atoms with van der Waals surface area (Å²) in [5.74, 6) is -0.959. The molecule has 0 saturated heterocycles. The number of halogens is 1. The summed E-state index contributed by atoms with van der Waals surface area (Å²) in [7, 11) is 0. The van der Waals surface area contributed by atoms with E-state index in [9.17, 15) is 19.8 Å². The molecule has 28 heavy (non-hydrogen) atoms. The lowest BCUT2D eigenvalue weighted by Gasteiger charge is -2.34. The number of fused-ring (bicyclic) bond motifs is 5. The minimum Gasteiger partial charge on any atom is -0.429 e. The molecule has 2 aliphatic rings. The first-order chi connectivity index (χ1) is 12.9. The van der Waals surface area contributed by atoms with Gasteiger partial charge in [-0.1, -0.05) is 25.1 Å². The zero-order chi connectivity index (χ0) is 18.9. The third kappa shape index (κ3) is 2.27. The van der Waals surface area contributed by atoms with E-state index in [1.165, 1.54) is 4.57 Å². The highest BCUT2D eigenvalue weighted by atomic mass is 35.5. The van der Waals surface area contributed by atoms with Crippen LogP contribution < -0.4 is 5.56 Å². The van der Waals surface area contributed by atoms with Crippen LogP contribution in [-0.2, 0) is 21.7 Å². The van der Waals surface area contributed by atoms with Gasteiger partial charge in [-0.25, -0.2) is 9.78 Å². The van der Waals surface area contributed by atoms with E-state index in [1.807, 2.05) is 30.3 Å². The first-order valence-electron chi connectivity index (χ1n) is 8.73. The number of aromatic nitrogens is 2. The highest BCUT2D eigenvalue weighted by molar-refractivity contribution is 5.86. The van der Waals surface area contributed by atoms with Crippen molar-refractivity contribution < 1.29 is 19.7 Å². The second kappa shape index (κ2) is 6.13. The third-order valence-corrected chi connectivity index (χ3v) is 5.47. The molecule has 0 radical (unpaired) electrons. The Morgan fingerprint density at radius 1 is 1.29 bits per heavy atom. The van der Waals surface area contributed by atoms with E-state index in [-0.39, 0.29) is 30.0 Å². The predicted octanol–water partition coefficient (Wildman–Crippen LogP) is 1.99. The average molecular weight is 401 g/mol. The number of hydrogen-bond acceptors (Lipinski definition) is 6. The smallest absolute Gasteiger partial charge is 0.345 e. The van der Waals surface area contributed by atoms with Crippen molar-refractivity contribution in [2.24, 2.45) is 0 Å². The van der Waals surface area contributed by atoms with Gasteiger partial charge in [-0.2, -0.15) is 0 Å². The molecule has 5 rings (SSSR count). The van der Waals surface area contributed by atoms with Gasteiger partial charge in [0.15, 0.2) is 5.60 Å². The van der Waals surface area contributed by atoms with Gasteiger partial charge in [0.25, 0.3) is 5.56 Å². The molecular weight excluding hydrogens is 384 g/mol. The Hall–Kier alpha value is -2.74. The number of aliphatic hydroxyl groups excluding tert-OH is 1. The minimum absolute atomic E-state index is 0. The molecule has 1 aromatic carbocycles. The molecule has 2 N–H and O–H groups in total. The molecule has 2 atom stereocenters. The lowest BCUT2D eigenvalue weighted by molar-refractivity contribution is -0.199. The van der Waals surface area contributed by atoms with Gasteiger partial charge in [0.2, 0.25) is 6.29 Å². The van der Waals surface area contributed by atoms with Gasteiger partial charge in [0, 0.05) is 16.5 Å². The van der Waals surface area contributed by atoms with Crippen LogP contribution in [0.5, 0.6) is 0 Å². The standard InChI is InChI=1S/C20H16N2O5.ClH/c1-2-20(26)12-8-14-16-11(7-10-5-3-4-6-13(10)21-16)9-22(14)17(23)15(12)18(24)27-19(20)25;/h3-8,18,24,26H,2,9H2,1H3;1H/t18?,20-;/m0./s1. The number of pyridine rings is 2. The molecule has 144 valence electrons. The van der Waals surface area contributed by atoms with Crippen molar-refractivity contribution in [2.45, 2.75) is 31.8 Å². The van der Waals surface area contributed by atoms with Crippen molar-refractivity contribution in [3.05, 3.63) is 63.4 Å². The van der Waals surface area contributed by atoms with Gasteiger partial charge in [0.1, 0.15) is 0 Å². The van der Waals surface area contributed by atoms with Crippen LogP contribution in [0.2, 0.25) is 0 Å². The van der Waals surface area contributed by atoms with E-state index in [0.29, 0.717) is 17.9 Å². The highest BCUT2D eigenvalue weighted by Gasteiger charge is 2.48. The number of para-hydroxylation sites is 1. The lowest BCUT2D eigenvalue weighted by Crippen LogP contribution is -2.46. The summed E-state index contributed by atoms with van der Waals surface area (Å²) < 4.78 is 6.33. The molecule has 4 heterocycles. The molecule has 0 aliphatic carbocycles. The van der Waals surface area contributed by atoms with Gasteiger partial charge in [-0.3, -0.25) is 4.79 Å². The number of nitrogens with zero attached hydrogens (tertiary/aromatic N) is 2. The lowest BCUT2D eigenvalue weighted by atomic mass is 9.85. The molecule has 3 aromatic rings. The Labute approximate surface area is 165 Å². The van der Waals surface area contributed by atoms with E-state index < -0.39 is 23.4 Å². The summed E-state index contributed by atoms with van der Waals surface area (Å²) in [6, 6.07) is 11.2. The summed E-state index contributed by atoms with van der Waals surface area (Å²) in [6.07, 6.45) is -1.67. The minimum atomic E-state index is -1.97. The van der Waals surface area contributed by atoms with Crippen LogP contribution >= 0.6 is 12.4 Å². The fraction of sp³-hybridized carbons (Fsp3) is 0.250. The van der Waals surface area contributed by atoms with Crippen LogP contribution in [-0.4, -0.2) is 25.7 Å². The van der Waals surface area contributed by atoms with Crippen molar-refractivity contribution in [3.63, 3.8) is 0 Å². The number of cyclic esters (lactones) is 1. The normalized spacial score (nSPS) is 22.1. The Morgan fingerprint density at radius 3 is 2.79 bits per heavy atom. The van der Waals surface area contributed by atoms with Gasteiger partial charge in [-0.05, 0) is 24.6 Å². The summed E-state index contributed by atoms with van der Waals surface area (Å²) >= 11 is 0. The second-order valence-corrected chi connectivity index (χ2v) is 6.91. The molecular formula is C20H17ClN2O5. The Kier molecular flexibility index (Phi) is 4.08. The number of hydrogen-bond donors (Lipinski definition) is 2. The third-order valence-electron chi connectivity index (χ3n) is 5.47. The summed E-state index contributed by atoms with van der Waals surface area (Å²) in [5.41, 5.74) is 0.358. The van der Waals surface area contributed by atoms with Crippen LogP contribution in [0, 0.1) is 0 Å². The van der Waals surface area contributed by atoms with Crippen LogP contribution in [0.1, 0.15) is 36.3 Å². The quantitative estimate of drug-likeness (QED) is 0.474. The summed E-state index contributed by atoms with van der Waals surface area (Å²) in [6.45, 7) is 1.92. The number of carbonyl (C=O) groups is 1. The summed E-state index contributed by atoms with van der Waals surface area (Å²) in [5, 5.41) is 22.0. The van der Waals surface area contributed by atoms with E-state index in [0.717, 1.165) is 16.5 Å². The van der Waals surface area contributed by atoms with Crippen LogP contribution in [0.15, 0.2) is 41.2 Å². The number of esters is 1. The maximum absolute atomic E-state index is 13.1. The fourth-order valence-electron chi connectivity index (χ4n) is 3.97. The first-order valence-corrected chi connectivity index (χ1v) is 8.73. The Balaban J connectivity index is 0.00000192. The molecule has 0 saturated carbocycles. The molecule has 0 bridgehead atoms. The molecule has 1 unspecified atom stereocenters. The molecule has 2 aliphatic heterocycles. The van der Waals surface area contributed by atoms with Crippen LogP contribution in [0.4, 0.5) is 0 Å². The predicted molar refractivity (Wildman–Crippen MR) is 103 cm³/mol. The molecule has 0 amide bonds.